The van der Waals surface area contributed by atoms with E-state index in [1.165, 1.54) is 11.3 Å². The molecular weight excluding hydrogens is 310 g/mol. The van der Waals surface area contributed by atoms with Crippen LogP contribution in [0.3, 0.4) is 0 Å². The quantitative estimate of drug-likeness (QED) is 0.810. The number of halogens is 1. The molecule has 0 aliphatic heterocycles. The molecule has 2 rings (SSSR count). The smallest absolute Gasteiger partial charge is 0.266 e. The molecule has 94 valence electrons. The summed E-state index contributed by atoms with van der Waals surface area (Å²) in [5.74, 6) is -0.0388. The number of hydrogen-bond donors (Lipinski definition) is 1. The van der Waals surface area contributed by atoms with Crippen LogP contribution in [0.15, 0.2) is 35.7 Å². The Kier molecular flexibility index (Phi) is 4.19. The highest BCUT2D eigenvalue weighted by molar-refractivity contribution is 9.09. The van der Waals surface area contributed by atoms with Crippen molar-refractivity contribution in [2.24, 2.45) is 0 Å². The van der Waals surface area contributed by atoms with Gasteiger partial charge in [0.25, 0.3) is 5.91 Å². The van der Waals surface area contributed by atoms with Crippen LogP contribution in [0.5, 0.6) is 0 Å². The second-order valence-electron chi connectivity index (χ2n) is 4.09. The number of carbonyl (C=O) groups is 1. The number of benzene rings is 1. The molecule has 0 spiro atoms. The number of rotatable bonds is 3. The van der Waals surface area contributed by atoms with Gasteiger partial charge in [0.15, 0.2) is 0 Å². The van der Waals surface area contributed by atoms with Gasteiger partial charge in [-0.25, -0.2) is 0 Å². The standard InChI is InChI=1S/C14H14BrNOS/c1-9-7-8-18-13(9)14(17)16-12-6-4-3-5-11(12)10(2)15/h3-8,10H,1-2H3,(H,16,17). The molecule has 2 aromatic rings. The maximum Gasteiger partial charge on any atom is 0.266 e. The first kappa shape index (κ1) is 13.3. The number of para-hydroxylation sites is 1. The number of hydrogen-bond acceptors (Lipinski definition) is 2. The molecule has 0 radical (unpaired) electrons. The lowest BCUT2D eigenvalue weighted by atomic mass is 10.1. The van der Waals surface area contributed by atoms with Gasteiger partial charge in [-0.1, -0.05) is 34.1 Å². The van der Waals surface area contributed by atoms with Gasteiger partial charge in [0.2, 0.25) is 0 Å². The Morgan fingerprint density at radius 3 is 2.67 bits per heavy atom. The Labute approximate surface area is 119 Å². The van der Waals surface area contributed by atoms with Crippen molar-refractivity contribution in [3.63, 3.8) is 0 Å². The second-order valence-corrected chi connectivity index (χ2v) is 6.38. The number of nitrogens with one attached hydrogen (secondary N) is 1. The third-order valence-electron chi connectivity index (χ3n) is 2.71. The lowest BCUT2D eigenvalue weighted by molar-refractivity contribution is 0.103. The Morgan fingerprint density at radius 2 is 2.06 bits per heavy atom. The summed E-state index contributed by atoms with van der Waals surface area (Å²) in [6.45, 7) is 3.99. The van der Waals surface area contributed by atoms with E-state index in [0.717, 1.165) is 21.7 Å². The first-order valence-electron chi connectivity index (χ1n) is 5.68. The minimum Gasteiger partial charge on any atom is -0.321 e. The molecule has 0 saturated carbocycles. The normalized spacial score (nSPS) is 12.2. The number of amides is 1. The van der Waals surface area contributed by atoms with E-state index in [1.807, 2.05) is 49.6 Å². The van der Waals surface area contributed by atoms with E-state index in [0.29, 0.717) is 0 Å². The summed E-state index contributed by atoms with van der Waals surface area (Å²) in [4.78, 5) is 13.1. The Balaban J connectivity index is 2.25. The fourth-order valence-electron chi connectivity index (χ4n) is 1.74. The van der Waals surface area contributed by atoms with Gasteiger partial charge in [-0.05, 0) is 42.5 Å². The molecule has 1 heterocycles. The molecule has 0 bridgehead atoms. The summed E-state index contributed by atoms with van der Waals surface area (Å²) in [5.41, 5.74) is 2.96. The average molecular weight is 324 g/mol. The predicted octanol–water partition coefficient (Wildman–Crippen LogP) is 4.76. The zero-order valence-corrected chi connectivity index (χ0v) is 12.6. The van der Waals surface area contributed by atoms with Crippen LogP contribution in [-0.2, 0) is 0 Å². The summed E-state index contributed by atoms with van der Waals surface area (Å²) in [6.07, 6.45) is 0. The minimum absolute atomic E-state index is 0.0388. The zero-order chi connectivity index (χ0) is 13.1. The van der Waals surface area contributed by atoms with Crippen molar-refractivity contribution in [2.45, 2.75) is 18.7 Å². The van der Waals surface area contributed by atoms with Gasteiger partial charge in [0.05, 0.1) is 4.88 Å². The van der Waals surface area contributed by atoms with Gasteiger partial charge in [-0.3, -0.25) is 4.79 Å². The molecule has 0 saturated heterocycles. The van der Waals surface area contributed by atoms with Crippen molar-refractivity contribution in [1.29, 1.82) is 0 Å². The van der Waals surface area contributed by atoms with Crippen LogP contribution in [0.1, 0.15) is 32.5 Å². The molecule has 4 heteroatoms. The number of alkyl halides is 1. The number of carbonyl (C=O) groups excluding carboxylic acids is 1. The molecule has 1 N–H and O–H groups in total. The SMILES string of the molecule is Cc1ccsc1C(=O)Nc1ccccc1C(C)Br. The summed E-state index contributed by atoms with van der Waals surface area (Å²) in [6, 6.07) is 9.79. The predicted molar refractivity (Wildman–Crippen MR) is 80.8 cm³/mol. The fourth-order valence-corrected chi connectivity index (χ4v) is 2.96. The Hall–Kier alpha value is -1.13. The van der Waals surface area contributed by atoms with Gasteiger partial charge in [-0.2, -0.15) is 0 Å². The van der Waals surface area contributed by atoms with Crippen LogP contribution in [0.25, 0.3) is 0 Å². The van der Waals surface area contributed by atoms with E-state index in [9.17, 15) is 4.79 Å². The maximum atomic E-state index is 12.2. The lowest BCUT2D eigenvalue weighted by Gasteiger charge is -2.12. The van der Waals surface area contributed by atoms with Crippen molar-refractivity contribution >= 4 is 38.9 Å². The van der Waals surface area contributed by atoms with Gasteiger partial charge in [0.1, 0.15) is 0 Å². The van der Waals surface area contributed by atoms with Crippen LogP contribution in [0.2, 0.25) is 0 Å². The topological polar surface area (TPSA) is 29.1 Å². The molecule has 1 unspecified atom stereocenters. The molecule has 1 amide bonds. The van der Waals surface area contributed by atoms with E-state index in [2.05, 4.69) is 21.2 Å². The van der Waals surface area contributed by atoms with Crippen molar-refractivity contribution in [3.05, 3.63) is 51.7 Å². The van der Waals surface area contributed by atoms with Crippen molar-refractivity contribution in [3.8, 4) is 0 Å². The lowest BCUT2D eigenvalue weighted by Crippen LogP contribution is -2.12. The van der Waals surface area contributed by atoms with Gasteiger partial charge < -0.3 is 5.32 Å². The first-order chi connectivity index (χ1) is 8.59. The fraction of sp³-hybridized carbons (Fsp3) is 0.214. The molecule has 0 aliphatic carbocycles. The summed E-state index contributed by atoms with van der Waals surface area (Å²) < 4.78 is 0. The minimum atomic E-state index is -0.0388. The van der Waals surface area contributed by atoms with E-state index >= 15 is 0 Å². The van der Waals surface area contributed by atoms with Crippen molar-refractivity contribution in [2.75, 3.05) is 5.32 Å². The van der Waals surface area contributed by atoms with Crippen LogP contribution >= 0.6 is 27.3 Å². The van der Waals surface area contributed by atoms with Crippen molar-refractivity contribution < 1.29 is 4.79 Å². The van der Waals surface area contributed by atoms with Crippen LogP contribution < -0.4 is 5.32 Å². The van der Waals surface area contributed by atoms with Crippen molar-refractivity contribution in [1.82, 2.24) is 0 Å². The molecule has 1 aromatic heterocycles. The monoisotopic (exact) mass is 323 g/mol. The molecular formula is C14H14BrNOS. The van der Waals surface area contributed by atoms with Crippen LogP contribution in [-0.4, -0.2) is 5.91 Å². The highest BCUT2D eigenvalue weighted by Gasteiger charge is 2.13. The van der Waals surface area contributed by atoms with E-state index in [-0.39, 0.29) is 10.7 Å². The molecule has 0 fully saturated rings. The van der Waals surface area contributed by atoms with Gasteiger partial charge in [-0.15, -0.1) is 11.3 Å². The third-order valence-corrected chi connectivity index (χ3v) is 4.21. The second kappa shape index (κ2) is 5.67. The molecule has 1 atom stereocenters. The highest BCUT2D eigenvalue weighted by atomic mass is 79.9. The molecule has 1 aromatic carbocycles. The summed E-state index contributed by atoms with van der Waals surface area (Å²) in [5, 5.41) is 4.91. The maximum absolute atomic E-state index is 12.2. The molecule has 0 aliphatic rings. The van der Waals surface area contributed by atoms with Gasteiger partial charge in [0, 0.05) is 10.5 Å². The van der Waals surface area contributed by atoms with E-state index in [1.54, 1.807) is 0 Å². The van der Waals surface area contributed by atoms with Crippen LogP contribution in [0, 0.1) is 6.92 Å². The number of aryl methyl sites for hydroxylation is 1. The molecule has 2 nitrogen and oxygen atoms in total. The average Bonchev–Trinajstić information content (AvgIpc) is 2.76. The summed E-state index contributed by atoms with van der Waals surface area (Å²) >= 11 is 5.01. The summed E-state index contributed by atoms with van der Waals surface area (Å²) in [7, 11) is 0. The Bertz CT molecular complexity index is 562. The molecule has 18 heavy (non-hydrogen) atoms. The number of anilines is 1. The van der Waals surface area contributed by atoms with E-state index in [4.69, 9.17) is 0 Å². The number of thiophene rings is 1. The van der Waals surface area contributed by atoms with E-state index < -0.39 is 0 Å². The van der Waals surface area contributed by atoms with Gasteiger partial charge >= 0.3 is 0 Å². The Morgan fingerprint density at radius 1 is 1.33 bits per heavy atom. The third kappa shape index (κ3) is 2.82. The highest BCUT2D eigenvalue weighted by Crippen LogP contribution is 2.29. The zero-order valence-electron chi connectivity index (χ0n) is 10.2. The first-order valence-corrected chi connectivity index (χ1v) is 7.47. The van der Waals surface area contributed by atoms with Crippen LogP contribution in [0.4, 0.5) is 5.69 Å². The largest absolute Gasteiger partial charge is 0.321 e.